The lowest BCUT2D eigenvalue weighted by Gasteiger charge is -2.48. The van der Waals surface area contributed by atoms with Crippen LogP contribution in [0.1, 0.15) is 57.8 Å². The largest absolute Gasteiger partial charge is 0.444 e. The Kier molecular flexibility index (Phi) is 4.56. The molecule has 0 radical (unpaired) electrons. The lowest BCUT2D eigenvalue weighted by molar-refractivity contribution is -0.137. The molecule has 1 aromatic heterocycles. The van der Waals surface area contributed by atoms with Gasteiger partial charge >= 0.3 is 6.09 Å². The van der Waals surface area contributed by atoms with Crippen molar-refractivity contribution < 1.29 is 18.7 Å². The summed E-state index contributed by atoms with van der Waals surface area (Å²) < 4.78 is 26.8. The third-order valence-corrected chi connectivity index (χ3v) is 5.03. The van der Waals surface area contributed by atoms with Gasteiger partial charge in [0, 0.05) is 19.0 Å². The van der Waals surface area contributed by atoms with Gasteiger partial charge in [-0.1, -0.05) is 0 Å². The Hall–Kier alpha value is -1.63. The van der Waals surface area contributed by atoms with E-state index >= 15 is 0 Å². The molecule has 1 aromatic rings. The van der Waals surface area contributed by atoms with Crippen molar-refractivity contribution >= 4 is 6.09 Å². The minimum Gasteiger partial charge on any atom is -0.444 e. The molecule has 25 heavy (non-hydrogen) atoms. The number of piperidine rings is 1. The van der Waals surface area contributed by atoms with Gasteiger partial charge < -0.3 is 14.4 Å². The van der Waals surface area contributed by atoms with E-state index in [0.717, 1.165) is 11.3 Å². The molecule has 6 nitrogen and oxygen atoms in total. The van der Waals surface area contributed by atoms with Crippen molar-refractivity contribution in [1.29, 1.82) is 0 Å². The number of amides is 1. The van der Waals surface area contributed by atoms with Crippen molar-refractivity contribution in [2.75, 3.05) is 19.8 Å². The van der Waals surface area contributed by atoms with Crippen LogP contribution in [-0.4, -0.2) is 52.2 Å². The Bertz CT molecular complexity index is 654. The third-order valence-electron chi connectivity index (χ3n) is 5.03. The number of ether oxygens (including phenoxy) is 2. The van der Waals surface area contributed by atoms with Gasteiger partial charge in [0.25, 0.3) is 0 Å². The van der Waals surface area contributed by atoms with E-state index in [1.807, 2.05) is 34.6 Å². The smallest absolute Gasteiger partial charge is 0.410 e. The molecular weight excluding hydrogens is 325 g/mol. The number of rotatable bonds is 1. The number of halogens is 1. The Morgan fingerprint density at radius 2 is 2.24 bits per heavy atom. The first-order valence-corrected chi connectivity index (χ1v) is 8.91. The second-order valence-electron chi connectivity index (χ2n) is 8.21. The highest BCUT2D eigenvalue weighted by Crippen LogP contribution is 2.44. The lowest BCUT2D eigenvalue weighted by atomic mass is 9.81. The molecule has 140 valence electrons. The van der Waals surface area contributed by atoms with Crippen LogP contribution in [0.4, 0.5) is 9.18 Å². The van der Waals surface area contributed by atoms with E-state index < -0.39 is 17.9 Å². The van der Waals surface area contributed by atoms with Crippen LogP contribution in [0.3, 0.4) is 0 Å². The number of likely N-dealkylation sites (tertiary alicyclic amines) is 1. The summed E-state index contributed by atoms with van der Waals surface area (Å²) in [4.78, 5) is 14.2. The van der Waals surface area contributed by atoms with Gasteiger partial charge in [0.15, 0.2) is 0 Å². The number of aromatic nitrogens is 2. The van der Waals surface area contributed by atoms with Gasteiger partial charge in [-0.25, -0.2) is 9.18 Å². The number of carbonyl (C=O) groups is 1. The van der Waals surface area contributed by atoms with Crippen LogP contribution < -0.4 is 0 Å². The van der Waals surface area contributed by atoms with Gasteiger partial charge in [0.2, 0.25) is 0 Å². The first-order chi connectivity index (χ1) is 11.7. The number of carbonyl (C=O) groups excluding carboxylic acids is 1. The van der Waals surface area contributed by atoms with Gasteiger partial charge in [-0.3, -0.25) is 4.68 Å². The molecule has 0 aliphatic carbocycles. The molecular formula is C18H28FN3O3. The van der Waals surface area contributed by atoms with Crippen molar-refractivity contribution in [3.63, 3.8) is 0 Å². The van der Waals surface area contributed by atoms with Crippen molar-refractivity contribution in [3.05, 3.63) is 17.5 Å². The second-order valence-corrected chi connectivity index (χ2v) is 8.21. The first kappa shape index (κ1) is 18.2. The standard InChI is InChI=1S/C18H28FN3O3/c1-12-10-20-22-14(9-19)11-24-18(15(12)22)6-7-21(13(2)8-18)16(23)25-17(3,4)5/h10,13-14H,6-9,11H2,1-5H3/t13-,14?,18-/m1/s1. The fourth-order valence-corrected chi connectivity index (χ4v) is 3.95. The molecule has 1 amide bonds. The highest BCUT2D eigenvalue weighted by atomic mass is 19.1. The van der Waals surface area contributed by atoms with Crippen molar-refractivity contribution in [1.82, 2.24) is 14.7 Å². The predicted molar refractivity (Wildman–Crippen MR) is 91.2 cm³/mol. The zero-order valence-electron chi connectivity index (χ0n) is 15.7. The van der Waals surface area contributed by atoms with E-state index in [2.05, 4.69) is 5.10 Å². The molecule has 0 N–H and O–H groups in total. The summed E-state index contributed by atoms with van der Waals surface area (Å²) >= 11 is 0. The lowest BCUT2D eigenvalue weighted by Crippen LogP contribution is -2.55. The molecule has 3 atom stereocenters. The second kappa shape index (κ2) is 6.27. The average molecular weight is 353 g/mol. The Morgan fingerprint density at radius 1 is 1.52 bits per heavy atom. The highest BCUT2D eigenvalue weighted by molar-refractivity contribution is 5.68. The highest BCUT2D eigenvalue weighted by Gasteiger charge is 2.48. The number of fused-ring (bicyclic) bond motifs is 2. The average Bonchev–Trinajstić information content (AvgIpc) is 2.89. The van der Waals surface area contributed by atoms with Crippen LogP contribution in [0.5, 0.6) is 0 Å². The molecule has 0 saturated carbocycles. The number of aryl methyl sites for hydroxylation is 1. The van der Waals surface area contributed by atoms with Gasteiger partial charge in [0.1, 0.15) is 23.9 Å². The van der Waals surface area contributed by atoms with E-state index in [4.69, 9.17) is 9.47 Å². The summed E-state index contributed by atoms with van der Waals surface area (Å²) in [5.41, 5.74) is 0.939. The molecule has 1 saturated heterocycles. The van der Waals surface area contributed by atoms with Crippen LogP contribution >= 0.6 is 0 Å². The SMILES string of the molecule is Cc1cnn2c1[C@]1(CCN(C(=O)OC(C)(C)C)[C@H](C)C1)OCC2CF. The fraction of sp³-hybridized carbons (Fsp3) is 0.778. The molecule has 1 spiro atoms. The van der Waals surface area contributed by atoms with Crippen LogP contribution in [0.25, 0.3) is 0 Å². The molecule has 1 fully saturated rings. The van der Waals surface area contributed by atoms with E-state index in [-0.39, 0.29) is 18.2 Å². The minimum absolute atomic E-state index is 0.0340. The normalized spacial score (nSPS) is 29.6. The first-order valence-electron chi connectivity index (χ1n) is 8.91. The maximum atomic E-state index is 13.3. The zero-order valence-corrected chi connectivity index (χ0v) is 15.7. The van der Waals surface area contributed by atoms with Gasteiger partial charge in [-0.15, -0.1) is 0 Å². The molecule has 2 aliphatic heterocycles. The molecule has 0 aromatic carbocycles. The van der Waals surface area contributed by atoms with E-state index in [0.29, 0.717) is 26.0 Å². The van der Waals surface area contributed by atoms with Crippen molar-refractivity contribution in [2.24, 2.45) is 0 Å². The van der Waals surface area contributed by atoms with E-state index in [1.54, 1.807) is 15.8 Å². The van der Waals surface area contributed by atoms with Crippen LogP contribution in [-0.2, 0) is 15.1 Å². The molecule has 1 unspecified atom stereocenters. The Morgan fingerprint density at radius 3 is 2.84 bits per heavy atom. The number of hydrogen-bond acceptors (Lipinski definition) is 4. The van der Waals surface area contributed by atoms with Crippen LogP contribution in [0.2, 0.25) is 0 Å². The van der Waals surface area contributed by atoms with E-state index in [1.165, 1.54) is 0 Å². The summed E-state index contributed by atoms with van der Waals surface area (Å²) in [5, 5.41) is 4.38. The Balaban J connectivity index is 1.83. The van der Waals surface area contributed by atoms with E-state index in [9.17, 15) is 9.18 Å². The van der Waals surface area contributed by atoms with Crippen molar-refractivity contribution in [2.45, 2.75) is 70.7 Å². The summed E-state index contributed by atoms with van der Waals surface area (Å²) in [6.07, 6.45) is 2.79. The summed E-state index contributed by atoms with van der Waals surface area (Å²) in [6.45, 7) is 9.94. The monoisotopic (exact) mass is 353 g/mol. The topological polar surface area (TPSA) is 56.6 Å². The number of alkyl halides is 1. The number of nitrogens with zero attached hydrogens (tertiary/aromatic N) is 3. The third kappa shape index (κ3) is 3.26. The molecule has 0 bridgehead atoms. The predicted octanol–water partition coefficient (Wildman–Crippen LogP) is 3.35. The van der Waals surface area contributed by atoms with Crippen molar-refractivity contribution in [3.8, 4) is 0 Å². The van der Waals surface area contributed by atoms with Gasteiger partial charge in [-0.05, 0) is 46.6 Å². The minimum atomic E-state index is -0.517. The summed E-state index contributed by atoms with van der Waals surface area (Å²) in [7, 11) is 0. The van der Waals surface area contributed by atoms with Gasteiger partial charge in [-0.2, -0.15) is 5.10 Å². The molecule has 7 heteroatoms. The zero-order chi connectivity index (χ0) is 18.4. The number of hydrogen-bond donors (Lipinski definition) is 0. The maximum Gasteiger partial charge on any atom is 0.410 e. The Labute approximate surface area is 148 Å². The summed E-state index contributed by atoms with van der Waals surface area (Å²) in [5.74, 6) is 0. The van der Waals surface area contributed by atoms with Gasteiger partial charge in [0.05, 0.1) is 18.5 Å². The molecule has 2 aliphatic rings. The molecule has 3 heterocycles. The maximum absolute atomic E-state index is 13.3. The quantitative estimate of drug-likeness (QED) is 0.777. The van der Waals surface area contributed by atoms with Crippen LogP contribution in [0, 0.1) is 6.92 Å². The summed E-state index contributed by atoms with van der Waals surface area (Å²) in [6, 6.07) is -0.401. The van der Waals surface area contributed by atoms with Crippen LogP contribution in [0.15, 0.2) is 6.20 Å². The fourth-order valence-electron chi connectivity index (χ4n) is 3.95. The molecule has 3 rings (SSSR count).